The van der Waals surface area contributed by atoms with E-state index >= 15 is 0 Å². The molecule has 0 radical (unpaired) electrons. The van der Waals surface area contributed by atoms with Gasteiger partial charge in [0.25, 0.3) is 0 Å². The average molecular weight is 358 g/mol. The molecule has 27 heavy (non-hydrogen) atoms. The highest BCUT2D eigenvalue weighted by atomic mass is 16.4. The first-order valence-electron chi connectivity index (χ1n) is 8.22. The van der Waals surface area contributed by atoms with Crippen molar-refractivity contribution in [3.05, 3.63) is 77.9 Å². The van der Waals surface area contributed by atoms with Crippen molar-refractivity contribution in [2.45, 2.75) is 0 Å². The van der Waals surface area contributed by atoms with E-state index in [0.29, 0.717) is 21.9 Å². The van der Waals surface area contributed by atoms with Gasteiger partial charge < -0.3 is 15.3 Å². The number of hydrogen-bond donors (Lipinski definition) is 3. The normalized spacial score (nSPS) is 11.0. The minimum atomic E-state index is -1.30. The van der Waals surface area contributed by atoms with Gasteiger partial charge in [-0.25, -0.2) is 9.59 Å². The van der Waals surface area contributed by atoms with Crippen LogP contribution in [0.3, 0.4) is 0 Å². The van der Waals surface area contributed by atoms with Crippen LogP contribution in [-0.2, 0) is 0 Å². The fraction of sp³-hybridized carbons (Fsp3) is 0. The van der Waals surface area contributed by atoms with Crippen LogP contribution in [0, 0.1) is 0 Å². The molecule has 5 heteroatoms. The Kier molecular flexibility index (Phi) is 3.78. The van der Waals surface area contributed by atoms with Crippen molar-refractivity contribution in [2.24, 2.45) is 0 Å². The van der Waals surface area contributed by atoms with Crippen LogP contribution in [0.2, 0.25) is 0 Å². The van der Waals surface area contributed by atoms with E-state index in [1.165, 1.54) is 18.2 Å². The van der Waals surface area contributed by atoms with E-state index in [1.807, 2.05) is 30.3 Å². The van der Waals surface area contributed by atoms with Crippen LogP contribution >= 0.6 is 0 Å². The van der Waals surface area contributed by atoms with Crippen molar-refractivity contribution in [1.82, 2.24) is 0 Å². The molecule has 0 saturated carbocycles. The van der Waals surface area contributed by atoms with E-state index in [-0.39, 0.29) is 16.9 Å². The van der Waals surface area contributed by atoms with Crippen molar-refractivity contribution in [3.8, 4) is 16.9 Å². The zero-order valence-electron chi connectivity index (χ0n) is 14.0. The molecule has 0 aliphatic carbocycles. The van der Waals surface area contributed by atoms with E-state index in [4.69, 9.17) is 0 Å². The van der Waals surface area contributed by atoms with Gasteiger partial charge in [0.1, 0.15) is 5.75 Å². The van der Waals surface area contributed by atoms with E-state index in [1.54, 1.807) is 18.2 Å². The molecule has 0 heterocycles. The number of carboxylic acids is 2. The monoisotopic (exact) mass is 358 g/mol. The third-order valence-electron chi connectivity index (χ3n) is 4.63. The lowest BCUT2D eigenvalue weighted by atomic mass is 9.87. The Morgan fingerprint density at radius 3 is 2.11 bits per heavy atom. The molecule has 4 rings (SSSR count). The maximum atomic E-state index is 12.0. The van der Waals surface area contributed by atoms with Gasteiger partial charge in [-0.05, 0) is 51.6 Å². The van der Waals surface area contributed by atoms with Crippen LogP contribution in [0.15, 0.2) is 66.7 Å². The minimum absolute atomic E-state index is 0.0907. The average Bonchev–Trinajstić information content (AvgIpc) is 2.65. The van der Waals surface area contributed by atoms with Crippen LogP contribution in [-0.4, -0.2) is 27.3 Å². The third kappa shape index (κ3) is 2.66. The highest BCUT2D eigenvalue weighted by Crippen LogP contribution is 2.39. The number of rotatable bonds is 3. The van der Waals surface area contributed by atoms with Gasteiger partial charge in [0.05, 0.1) is 11.1 Å². The number of phenolic OH excluding ortho intramolecular Hbond substituents is 1. The lowest BCUT2D eigenvalue weighted by Crippen LogP contribution is -2.09. The summed E-state index contributed by atoms with van der Waals surface area (Å²) in [6.45, 7) is 0. The number of benzene rings is 4. The summed E-state index contributed by atoms with van der Waals surface area (Å²) >= 11 is 0. The van der Waals surface area contributed by atoms with Crippen LogP contribution in [0.5, 0.6) is 5.75 Å². The molecule has 5 nitrogen and oxygen atoms in total. The first-order valence-corrected chi connectivity index (χ1v) is 8.22. The molecule has 4 aromatic carbocycles. The number of hydrogen-bond acceptors (Lipinski definition) is 3. The van der Waals surface area contributed by atoms with Gasteiger partial charge in [-0.1, -0.05) is 42.5 Å². The Hall–Kier alpha value is -3.86. The molecule has 0 aromatic heterocycles. The summed E-state index contributed by atoms with van der Waals surface area (Å²) in [5, 5.41) is 31.6. The SMILES string of the molecule is O=C(O)c1ccc2cc3ccccc3c(-c3ccc(O)cc3)c2c1C(=O)O. The van der Waals surface area contributed by atoms with E-state index in [0.717, 1.165) is 10.8 Å². The number of aromatic hydroxyl groups is 1. The predicted octanol–water partition coefficient (Wildman–Crippen LogP) is 4.76. The first-order chi connectivity index (χ1) is 13.0. The summed E-state index contributed by atoms with van der Waals surface area (Å²) in [5.41, 5.74) is 0.822. The highest BCUT2D eigenvalue weighted by Gasteiger charge is 2.23. The molecule has 0 atom stereocenters. The van der Waals surface area contributed by atoms with Gasteiger partial charge in [-0.2, -0.15) is 0 Å². The molecular weight excluding hydrogens is 344 g/mol. The van der Waals surface area contributed by atoms with Crippen molar-refractivity contribution in [2.75, 3.05) is 0 Å². The topological polar surface area (TPSA) is 94.8 Å². The summed E-state index contributed by atoms with van der Waals surface area (Å²) in [4.78, 5) is 23.6. The molecule has 0 saturated heterocycles. The molecule has 4 aromatic rings. The Morgan fingerprint density at radius 2 is 1.44 bits per heavy atom. The maximum absolute atomic E-state index is 12.0. The number of fused-ring (bicyclic) bond motifs is 2. The molecule has 0 fully saturated rings. The van der Waals surface area contributed by atoms with Crippen molar-refractivity contribution >= 4 is 33.5 Å². The summed E-state index contributed by atoms with van der Waals surface area (Å²) in [5.74, 6) is -2.50. The first kappa shape index (κ1) is 16.6. The third-order valence-corrected chi connectivity index (χ3v) is 4.63. The molecule has 132 valence electrons. The predicted molar refractivity (Wildman–Crippen MR) is 102 cm³/mol. The van der Waals surface area contributed by atoms with Crippen LogP contribution in [0.1, 0.15) is 20.7 Å². The van der Waals surface area contributed by atoms with Gasteiger partial charge in [0.15, 0.2) is 0 Å². The van der Waals surface area contributed by atoms with Crippen molar-refractivity contribution in [3.63, 3.8) is 0 Å². The lowest BCUT2D eigenvalue weighted by molar-refractivity contribution is 0.0653. The van der Waals surface area contributed by atoms with E-state index in [2.05, 4.69) is 0 Å². The Morgan fingerprint density at radius 1 is 0.741 bits per heavy atom. The molecule has 0 aliphatic heterocycles. The number of phenols is 1. The van der Waals surface area contributed by atoms with Crippen LogP contribution in [0.25, 0.3) is 32.7 Å². The van der Waals surface area contributed by atoms with E-state index < -0.39 is 11.9 Å². The standard InChI is InChI=1S/C22H14O5/c23-15-8-5-12(6-9-15)18-16-4-2-1-3-13(16)11-14-7-10-17(21(24)25)20(19(14)18)22(26)27/h1-11,23H,(H,24,25)(H,26,27). The fourth-order valence-corrected chi connectivity index (χ4v) is 3.49. The summed E-state index contributed by atoms with van der Waals surface area (Å²) in [6.07, 6.45) is 0. The number of carbonyl (C=O) groups is 2. The Bertz CT molecular complexity index is 1220. The number of carboxylic acid groups (broad SMARTS) is 2. The molecule has 0 bridgehead atoms. The van der Waals surface area contributed by atoms with Gasteiger partial charge in [0.2, 0.25) is 0 Å². The van der Waals surface area contributed by atoms with E-state index in [9.17, 15) is 24.9 Å². The zero-order chi connectivity index (χ0) is 19.1. The maximum Gasteiger partial charge on any atom is 0.337 e. The summed E-state index contributed by atoms with van der Waals surface area (Å²) < 4.78 is 0. The van der Waals surface area contributed by atoms with Crippen LogP contribution < -0.4 is 0 Å². The summed E-state index contributed by atoms with van der Waals surface area (Å²) in [7, 11) is 0. The van der Waals surface area contributed by atoms with Crippen molar-refractivity contribution in [1.29, 1.82) is 0 Å². The van der Waals surface area contributed by atoms with Gasteiger partial charge in [-0.15, -0.1) is 0 Å². The largest absolute Gasteiger partial charge is 0.508 e. The second-order valence-corrected chi connectivity index (χ2v) is 6.22. The Labute approximate surface area is 153 Å². The van der Waals surface area contributed by atoms with Gasteiger partial charge in [-0.3, -0.25) is 0 Å². The second kappa shape index (κ2) is 6.14. The minimum Gasteiger partial charge on any atom is -0.508 e. The molecular formula is C22H14O5. The summed E-state index contributed by atoms with van der Waals surface area (Å²) in [6, 6.07) is 18.7. The number of aromatic carboxylic acids is 2. The molecule has 0 unspecified atom stereocenters. The fourth-order valence-electron chi connectivity index (χ4n) is 3.49. The Balaban J connectivity index is 2.28. The highest BCUT2D eigenvalue weighted by molar-refractivity contribution is 6.21. The quantitative estimate of drug-likeness (QED) is 0.459. The molecule has 0 spiro atoms. The smallest absolute Gasteiger partial charge is 0.337 e. The molecule has 3 N–H and O–H groups in total. The van der Waals surface area contributed by atoms with Gasteiger partial charge >= 0.3 is 11.9 Å². The van der Waals surface area contributed by atoms with Crippen LogP contribution in [0.4, 0.5) is 0 Å². The second-order valence-electron chi connectivity index (χ2n) is 6.22. The molecule has 0 amide bonds. The zero-order valence-corrected chi connectivity index (χ0v) is 14.0. The lowest BCUT2D eigenvalue weighted by Gasteiger charge is -2.15. The molecule has 0 aliphatic rings. The van der Waals surface area contributed by atoms with Gasteiger partial charge in [0, 0.05) is 5.39 Å². The van der Waals surface area contributed by atoms with Crippen molar-refractivity contribution < 1.29 is 24.9 Å².